The van der Waals surface area contributed by atoms with Gasteiger partial charge in [-0.3, -0.25) is 14.7 Å². The molecule has 0 unspecified atom stereocenters. The second kappa shape index (κ2) is 8.04. The first-order valence-electron chi connectivity index (χ1n) is 8.51. The number of rotatable bonds is 6. The first-order valence-corrected chi connectivity index (χ1v) is 8.51. The summed E-state index contributed by atoms with van der Waals surface area (Å²) in [6.45, 7) is 3.87. The Labute approximate surface area is 150 Å². The molecule has 11 heteroatoms. The number of nitrogens with zero attached hydrogens (tertiary/aromatic N) is 7. The van der Waals surface area contributed by atoms with E-state index < -0.39 is 0 Å². The molecule has 0 radical (unpaired) electrons. The molecule has 140 valence electrons. The molecule has 1 atom stereocenters. The molecule has 11 nitrogen and oxygen atoms in total. The second-order valence-electron chi connectivity index (χ2n) is 6.13. The number of hydrogen-bond donors (Lipinski definition) is 1. The van der Waals surface area contributed by atoms with Gasteiger partial charge in [0.1, 0.15) is 11.9 Å². The molecule has 1 saturated heterocycles. The minimum absolute atomic E-state index is 0.00644. The molecular formula is C15H22N8O3. The number of carbonyl (C=O) groups is 2. The largest absolute Gasteiger partial charge is 0.377 e. The van der Waals surface area contributed by atoms with Gasteiger partial charge in [-0.25, -0.2) is 0 Å². The summed E-state index contributed by atoms with van der Waals surface area (Å²) in [5, 5.41) is 17.6. The van der Waals surface area contributed by atoms with Crippen molar-refractivity contribution in [2.24, 2.45) is 0 Å². The van der Waals surface area contributed by atoms with Crippen molar-refractivity contribution in [3.05, 3.63) is 18.1 Å². The summed E-state index contributed by atoms with van der Waals surface area (Å²) in [6, 6.07) is -0.320. The van der Waals surface area contributed by atoms with E-state index in [0.717, 1.165) is 6.42 Å². The smallest absolute Gasteiger partial charge is 0.259 e. The van der Waals surface area contributed by atoms with E-state index in [1.165, 1.54) is 17.2 Å². The third-order valence-corrected chi connectivity index (χ3v) is 4.31. The number of tetrazole rings is 1. The molecule has 1 aliphatic rings. The van der Waals surface area contributed by atoms with Crippen LogP contribution >= 0.6 is 0 Å². The highest BCUT2D eigenvalue weighted by Gasteiger charge is 2.32. The molecule has 1 N–H and O–H groups in total. The molecule has 26 heavy (non-hydrogen) atoms. The summed E-state index contributed by atoms with van der Waals surface area (Å²) in [6.07, 6.45) is 3.93. The van der Waals surface area contributed by atoms with Crippen LogP contribution in [0.3, 0.4) is 0 Å². The summed E-state index contributed by atoms with van der Waals surface area (Å²) >= 11 is 0. The van der Waals surface area contributed by atoms with Crippen LogP contribution in [0.25, 0.3) is 5.82 Å². The predicted molar refractivity (Wildman–Crippen MR) is 89.5 cm³/mol. The Hall–Kier alpha value is -2.82. The lowest BCUT2D eigenvalue weighted by Gasteiger charge is -2.36. The zero-order chi connectivity index (χ0) is 18.5. The summed E-state index contributed by atoms with van der Waals surface area (Å²) in [7, 11) is 1.77. The van der Waals surface area contributed by atoms with Crippen LogP contribution < -0.4 is 0 Å². The maximum absolute atomic E-state index is 13.1. The monoisotopic (exact) mass is 362 g/mol. The van der Waals surface area contributed by atoms with E-state index in [-0.39, 0.29) is 24.3 Å². The van der Waals surface area contributed by atoms with Gasteiger partial charge in [-0.15, -0.1) is 5.10 Å². The number of carbonyl (C=O) groups excluding carboxylic acids is 2. The van der Waals surface area contributed by atoms with Gasteiger partial charge >= 0.3 is 0 Å². The molecule has 1 aliphatic heterocycles. The third-order valence-electron chi connectivity index (χ3n) is 4.31. The molecule has 0 saturated carbocycles. The number of aromatic nitrogens is 6. The van der Waals surface area contributed by atoms with Gasteiger partial charge in [0.15, 0.2) is 5.82 Å². The van der Waals surface area contributed by atoms with Crippen molar-refractivity contribution in [1.29, 1.82) is 0 Å². The Kier molecular flexibility index (Phi) is 5.56. The van der Waals surface area contributed by atoms with E-state index in [0.29, 0.717) is 37.7 Å². The van der Waals surface area contributed by atoms with Gasteiger partial charge in [-0.05, 0) is 16.8 Å². The Balaban J connectivity index is 1.77. The summed E-state index contributed by atoms with van der Waals surface area (Å²) in [4.78, 5) is 28.8. The van der Waals surface area contributed by atoms with Crippen molar-refractivity contribution in [3.8, 4) is 5.82 Å². The second-order valence-corrected chi connectivity index (χ2v) is 6.13. The number of amides is 2. The molecule has 0 spiro atoms. The fourth-order valence-electron chi connectivity index (χ4n) is 2.94. The topological polar surface area (TPSA) is 122 Å². The minimum Gasteiger partial charge on any atom is -0.377 e. The van der Waals surface area contributed by atoms with Gasteiger partial charge in [-0.2, -0.15) is 9.78 Å². The fraction of sp³-hybridized carbons (Fsp3) is 0.600. The average molecular weight is 362 g/mol. The maximum atomic E-state index is 13.1. The number of H-pyrrole nitrogens is 1. The van der Waals surface area contributed by atoms with E-state index in [4.69, 9.17) is 4.74 Å². The number of aromatic amines is 1. The summed E-state index contributed by atoms with van der Waals surface area (Å²) in [5.74, 6) is 0.149. The molecule has 3 rings (SSSR count). The van der Waals surface area contributed by atoms with Crippen molar-refractivity contribution >= 4 is 11.8 Å². The van der Waals surface area contributed by atoms with E-state index in [2.05, 4.69) is 25.7 Å². The lowest BCUT2D eigenvalue weighted by Crippen LogP contribution is -2.50. The van der Waals surface area contributed by atoms with Crippen LogP contribution in [0.2, 0.25) is 0 Å². The standard InChI is InChI=1S/C15H22N8O3/c1-3-4-21(2)13(24)7-11-9-26-6-5-22(11)15(25)12-8-16-18-14(12)23-10-17-19-20-23/h8,10-11H,3-7,9H2,1-2H3,(H,16,18)/t11-/m1/s1. The van der Waals surface area contributed by atoms with E-state index >= 15 is 0 Å². The normalized spacial score (nSPS) is 17.3. The summed E-state index contributed by atoms with van der Waals surface area (Å²) < 4.78 is 6.84. The molecule has 2 amide bonds. The van der Waals surface area contributed by atoms with Gasteiger partial charge < -0.3 is 14.5 Å². The van der Waals surface area contributed by atoms with E-state index in [1.54, 1.807) is 16.8 Å². The molecule has 3 heterocycles. The van der Waals surface area contributed by atoms with Gasteiger partial charge in [0, 0.05) is 26.6 Å². The maximum Gasteiger partial charge on any atom is 0.259 e. The zero-order valence-electron chi connectivity index (χ0n) is 14.8. The molecule has 0 aliphatic carbocycles. The molecule has 2 aromatic heterocycles. The molecule has 1 fully saturated rings. The van der Waals surface area contributed by atoms with Crippen molar-refractivity contribution < 1.29 is 14.3 Å². The minimum atomic E-state index is -0.320. The highest BCUT2D eigenvalue weighted by atomic mass is 16.5. The molecule has 2 aromatic rings. The fourth-order valence-corrected chi connectivity index (χ4v) is 2.94. The van der Waals surface area contributed by atoms with Crippen molar-refractivity contribution in [3.63, 3.8) is 0 Å². The molecule has 0 bridgehead atoms. The quantitative estimate of drug-likeness (QED) is 0.734. The van der Waals surface area contributed by atoms with Crippen molar-refractivity contribution in [1.82, 2.24) is 40.2 Å². The highest BCUT2D eigenvalue weighted by Crippen LogP contribution is 2.18. The number of hydrogen-bond acceptors (Lipinski definition) is 7. The van der Waals surface area contributed by atoms with Crippen molar-refractivity contribution in [2.45, 2.75) is 25.8 Å². The average Bonchev–Trinajstić information content (AvgIpc) is 3.33. The third kappa shape index (κ3) is 3.72. The van der Waals surface area contributed by atoms with Crippen LogP contribution in [0.1, 0.15) is 30.1 Å². The van der Waals surface area contributed by atoms with Crippen LogP contribution in [0.4, 0.5) is 0 Å². The predicted octanol–water partition coefficient (Wildman–Crippen LogP) is -0.515. The van der Waals surface area contributed by atoms with Crippen LogP contribution in [0, 0.1) is 0 Å². The van der Waals surface area contributed by atoms with E-state index in [9.17, 15) is 9.59 Å². The van der Waals surface area contributed by atoms with Crippen LogP contribution in [-0.4, -0.2) is 91.4 Å². The zero-order valence-corrected chi connectivity index (χ0v) is 14.8. The lowest BCUT2D eigenvalue weighted by atomic mass is 10.1. The Morgan fingerprint density at radius 3 is 3.04 bits per heavy atom. The molecule has 0 aromatic carbocycles. The Bertz CT molecular complexity index is 744. The SMILES string of the molecule is CCCN(C)C(=O)C[C@@H]1COCCN1C(=O)c1cn[nH]c1-n1cnnn1. The molecular weight excluding hydrogens is 340 g/mol. The summed E-state index contributed by atoms with van der Waals surface area (Å²) in [5.41, 5.74) is 0.346. The highest BCUT2D eigenvalue weighted by molar-refractivity contribution is 5.97. The van der Waals surface area contributed by atoms with Gasteiger partial charge in [-0.1, -0.05) is 6.92 Å². The number of morpholine rings is 1. The van der Waals surface area contributed by atoms with Gasteiger partial charge in [0.05, 0.1) is 25.5 Å². The van der Waals surface area contributed by atoms with Crippen molar-refractivity contribution in [2.75, 3.05) is 33.4 Å². The van der Waals surface area contributed by atoms with Crippen LogP contribution in [-0.2, 0) is 9.53 Å². The first-order chi connectivity index (χ1) is 12.6. The lowest BCUT2D eigenvalue weighted by molar-refractivity contribution is -0.132. The van der Waals surface area contributed by atoms with Gasteiger partial charge in [0.25, 0.3) is 5.91 Å². The van der Waals surface area contributed by atoms with Crippen LogP contribution in [0.5, 0.6) is 0 Å². The number of ether oxygens (including phenoxy) is 1. The Morgan fingerprint density at radius 1 is 1.46 bits per heavy atom. The number of nitrogens with one attached hydrogen (secondary N) is 1. The van der Waals surface area contributed by atoms with Crippen LogP contribution in [0.15, 0.2) is 12.5 Å². The Morgan fingerprint density at radius 2 is 2.31 bits per heavy atom. The van der Waals surface area contributed by atoms with E-state index in [1.807, 2.05) is 6.92 Å². The first kappa shape index (κ1) is 18.0. The van der Waals surface area contributed by atoms with Gasteiger partial charge in [0.2, 0.25) is 5.91 Å².